The lowest BCUT2D eigenvalue weighted by atomic mass is 9.73. The van der Waals surface area contributed by atoms with E-state index in [-0.39, 0.29) is 17.7 Å². The fourth-order valence-corrected chi connectivity index (χ4v) is 5.95. The molecule has 172 valence electrons. The van der Waals surface area contributed by atoms with Crippen molar-refractivity contribution in [3.63, 3.8) is 0 Å². The second-order valence-electron chi connectivity index (χ2n) is 9.48. The van der Waals surface area contributed by atoms with Gasteiger partial charge in [-0.25, -0.2) is 9.69 Å². The molecule has 1 saturated carbocycles. The molecule has 1 aliphatic heterocycles. The average Bonchev–Trinajstić information content (AvgIpc) is 3.26. The van der Waals surface area contributed by atoms with Crippen LogP contribution < -0.4 is 10.6 Å². The molecule has 0 radical (unpaired) electrons. The maximum absolute atomic E-state index is 13.9. The van der Waals surface area contributed by atoms with E-state index in [9.17, 15) is 14.4 Å². The zero-order valence-corrected chi connectivity index (χ0v) is 19.4. The van der Waals surface area contributed by atoms with Crippen molar-refractivity contribution >= 4 is 29.4 Å². The van der Waals surface area contributed by atoms with Gasteiger partial charge in [0.2, 0.25) is 5.91 Å². The van der Waals surface area contributed by atoms with Crippen molar-refractivity contribution < 1.29 is 14.4 Å². The van der Waals surface area contributed by atoms with E-state index in [0.29, 0.717) is 35.9 Å². The number of carbonyl (C=O) groups excluding carboxylic acids is 3. The predicted molar refractivity (Wildman–Crippen MR) is 125 cm³/mol. The number of carbonyl (C=O) groups is 3. The van der Waals surface area contributed by atoms with Crippen molar-refractivity contribution in [2.45, 2.75) is 57.2 Å². The molecule has 1 heterocycles. The molecular weight excluding hydrogens is 438 g/mol. The van der Waals surface area contributed by atoms with Crippen LogP contribution in [-0.4, -0.2) is 28.8 Å². The number of nitrogens with zero attached hydrogens (tertiary/aromatic N) is 1. The fourth-order valence-electron chi connectivity index (χ4n) is 5.59. The molecule has 6 nitrogen and oxygen atoms in total. The molecule has 4 amide bonds. The molecule has 2 N–H and O–H groups in total. The lowest BCUT2D eigenvalue weighted by Gasteiger charge is -2.38. The minimum absolute atomic E-state index is 0.133. The van der Waals surface area contributed by atoms with E-state index in [1.807, 2.05) is 49.4 Å². The number of halogens is 1. The van der Waals surface area contributed by atoms with Gasteiger partial charge in [-0.3, -0.25) is 9.59 Å². The molecule has 0 aromatic heterocycles. The molecule has 7 heteroatoms. The molecule has 1 spiro atoms. The lowest BCUT2D eigenvalue weighted by molar-refractivity contribution is -0.141. The van der Waals surface area contributed by atoms with Gasteiger partial charge in [-0.1, -0.05) is 80.3 Å². The van der Waals surface area contributed by atoms with Crippen LogP contribution >= 0.6 is 11.6 Å². The summed E-state index contributed by atoms with van der Waals surface area (Å²) < 4.78 is 0. The molecule has 2 aromatic carbocycles. The number of amides is 4. The third kappa shape index (κ3) is 3.61. The normalized spacial score (nSPS) is 23.8. The van der Waals surface area contributed by atoms with Crippen LogP contribution in [0.2, 0.25) is 5.02 Å². The maximum Gasteiger partial charge on any atom is 0.326 e. The molecule has 5 rings (SSSR count). The van der Waals surface area contributed by atoms with E-state index in [1.165, 1.54) is 4.90 Å². The van der Waals surface area contributed by atoms with Gasteiger partial charge in [-0.15, -0.1) is 0 Å². The van der Waals surface area contributed by atoms with Gasteiger partial charge in [-0.2, -0.15) is 0 Å². The number of benzene rings is 2. The Hall–Kier alpha value is -2.86. The second kappa shape index (κ2) is 8.49. The van der Waals surface area contributed by atoms with Gasteiger partial charge in [-0.05, 0) is 41.9 Å². The van der Waals surface area contributed by atoms with Gasteiger partial charge in [0, 0.05) is 17.1 Å². The minimum atomic E-state index is -1.19. The molecule has 3 aliphatic rings. The van der Waals surface area contributed by atoms with Crippen molar-refractivity contribution in [1.29, 1.82) is 0 Å². The Morgan fingerprint density at radius 1 is 1.18 bits per heavy atom. The summed E-state index contributed by atoms with van der Waals surface area (Å²) in [6, 6.07) is 13.8. The van der Waals surface area contributed by atoms with Gasteiger partial charge >= 0.3 is 6.03 Å². The smallest absolute Gasteiger partial charge is 0.326 e. The van der Waals surface area contributed by atoms with Crippen LogP contribution in [0.4, 0.5) is 4.79 Å². The van der Waals surface area contributed by atoms with Gasteiger partial charge < -0.3 is 10.6 Å². The van der Waals surface area contributed by atoms with Crippen molar-refractivity contribution in [3.05, 3.63) is 70.2 Å². The first-order valence-corrected chi connectivity index (χ1v) is 12.1. The van der Waals surface area contributed by atoms with Crippen LogP contribution in [0.25, 0.3) is 0 Å². The first-order chi connectivity index (χ1) is 15.9. The van der Waals surface area contributed by atoms with Gasteiger partial charge in [0.15, 0.2) is 0 Å². The minimum Gasteiger partial charge on any atom is -0.350 e. The van der Waals surface area contributed by atoms with Crippen LogP contribution in [0.15, 0.2) is 48.5 Å². The van der Waals surface area contributed by atoms with E-state index >= 15 is 0 Å². The fraction of sp³-hybridized carbons (Fsp3) is 0.423. The van der Waals surface area contributed by atoms with Gasteiger partial charge in [0.1, 0.15) is 11.6 Å². The zero-order chi connectivity index (χ0) is 23.2. The summed E-state index contributed by atoms with van der Waals surface area (Å²) in [7, 11) is 0. The molecule has 2 aliphatic carbocycles. The number of fused-ring (bicyclic) bond motifs is 2. The summed E-state index contributed by atoms with van der Waals surface area (Å²) in [5.41, 5.74) is 1.41. The van der Waals surface area contributed by atoms with Crippen LogP contribution in [0.3, 0.4) is 0 Å². The molecule has 3 atom stereocenters. The Morgan fingerprint density at radius 2 is 1.94 bits per heavy atom. The van der Waals surface area contributed by atoms with Crippen molar-refractivity contribution in [2.24, 2.45) is 11.8 Å². The third-order valence-corrected chi connectivity index (χ3v) is 7.98. The Bertz CT molecular complexity index is 1100. The SMILES string of the molecule is CC(C1CCC1)C(C(=O)NCc1ccccc1)N1C(=O)NC2(CCc3cccc(Cl)c32)C1=O. The third-order valence-electron chi connectivity index (χ3n) is 7.67. The Balaban J connectivity index is 1.46. The Kier molecular flexibility index (Phi) is 5.65. The van der Waals surface area contributed by atoms with Crippen molar-refractivity contribution in [1.82, 2.24) is 15.5 Å². The topological polar surface area (TPSA) is 78.5 Å². The quantitative estimate of drug-likeness (QED) is 0.629. The molecule has 1 saturated heterocycles. The molecule has 33 heavy (non-hydrogen) atoms. The molecule has 3 unspecified atom stereocenters. The van der Waals surface area contributed by atoms with E-state index in [4.69, 9.17) is 11.6 Å². The second-order valence-corrected chi connectivity index (χ2v) is 9.89. The highest BCUT2D eigenvalue weighted by molar-refractivity contribution is 6.32. The summed E-state index contributed by atoms with van der Waals surface area (Å²) in [6.45, 7) is 2.33. The first-order valence-electron chi connectivity index (χ1n) is 11.7. The Labute approximate surface area is 198 Å². The summed E-state index contributed by atoms with van der Waals surface area (Å²) in [5, 5.41) is 6.38. The number of urea groups is 1. The number of nitrogens with one attached hydrogen (secondary N) is 2. The molecule has 2 fully saturated rings. The number of aryl methyl sites for hydroxylation is 1. The molecular formula is C26H28ClN3O3. The first kappa shape index (κ1) is 22.0. The number of imide groups is 1. The van der Waals surface area contributed by atoms with Gasteiger partial charge in [0.05, 0.1) is 0 Å². The zero-order valence-electron chi connectivity index (χ0n) is 18.6. The summed E-state index contributed by atoms with van der Waals surface area (Å²) in [5.74, 6) is -0.484. The standard InChI is InChI=1S/C26H28ClN3O3/c1-16(18-9-5-10-18)22(23(31)28-15-17-7-3-2-4-8-17)30-24(32)26(29-25(30)33)14-13-19-11-6-12-20(27)21(19)26/h2-4,6-8,11-12,16,18,22H,5,9-10,13-15H2,1H3,(H,28,31)(H,29,33). The van der Waals surface area contributed by atoms with E-state index in [2.05, 4.69) is 10.6 Å². The highest BCUT2D eigenvalue weighted by atomic mass is 35.5. The molecule has 0 bridgehead atoms. The van der Waals surface area contributed by atoms with E-state index in [0.717, 1.165) is 30.4 Å². The predicted octanol–water partition coefficient (Wildman–Crippen LogP) is 4.15. The number of rotatable bonds is 6. The molecule has 2 aromatic rings. The van der Waals surface area contributed by atoms with Crippen LogP contribution in [-0.2, 0) is 28.1 Å². The Morgan fingerprint density at radius 3 is 2.64 bits per heavy atom. The maximum atomic E-state index is 13.9. The lowest BCUT2D eigenvalue weighted by Crippen LogP contribution is -2.55. The van der Waals surface area contributed by atoms with Crippen LogP contribution in [0.1, 0.15) is 49.3 Å². The van der Waals surface area contributed by atoms with Crippen LogP contribution in [0.5, 0.6) is 0 Å². The van der Waals surface area contributed by atoms with E-state index < -0.39 is 17.6 Å². The van der Waals surface area contributed by atoms with Crippen molar-refractivity contribution in [3.8, 4) is 0 Å². The average molecular weight is 466 g/mol. The largest absolute Gasteiger partial charge is 0.350 e. The van der Waals surface area contributed by atoms with Crippen LogP contribution in [0, 0.1) is 11.8 Å². The highest BCUT2D eigenvalue weighted by Gasteiger charge is 2.59. The highest BCUT2D eigenvalue weighted by Crippen LogP contribution is 2.46. The summed E-state index contributed by atoms with van der Waals surface area (Å²) in [4.78, 5) is 41.9. The van der Waals surface area contributed by atoms with E-state index in [1.54, 1.807) is 6.07 Å². The van der Waals surface area contributed by atoms with Gasteiger partial charge in [0.25, 0.3) is 5.91 Å². The summed E-state index contributed by atoms with van der Waals surface area (Å²) >= 11 is 6.50. The number of hydrogen-bond acceptors (Lipinski definition) is 3. The van der Waals surface area contributed by atoms with Crippen molar-refractivity contribution in [2.75, 3.05) is 0 Å². The monoisotopic (exact) mass is 465 g/mol. The number of hydrogen-bond donors (Lipinski definition) is 2. The summed E-state index contributed by atoms with van der Waals surface area (Å²) in [6.07, 6.45) is 4.22.